The third-order valence-electron chi connectivity index (χ3n) is 8.46. The van der Waals surface area contributed by atoms with E-state index in [0.717, 1.165) is 30.4 Å². The van der Waals surface area contributed by atoms with Gasteiger partial charge in [0.25, 0.3) is 0 Å². The van der Waals surface area contributed by atoms with Crippen LogP contribution in [-0.4, -0.2) is 76.4 Å². The van der Waals surface area contributed by atoms with E-state index in [-0.39, 0.29) is 31.2 Å². The van der Waals surface area contributed by atoms with E-state index in [4.69, 9.17) is 23.9 Å². The van der Waals surface area contributed by atoms with Gasteiger partial charge in [0.1, 0.15) is 40.1 Å². The van der Waals surface area contributed by atoms with Crippen LogP contribution < -0.4 is 9.46 Å². The summed E-state index contributed by atoms with van der Waals surface area (Å²) in [6.07, 6.45) is 2.07. The summed E-state index contributed by atoms with van der Waals surface area (Å²) < 4.78 is 60.9. The summed E-state index contributed by atoms with van der Waals surface area (Å²) in [4.78, 5) is 4.75. The monoisotopic (exact) mass is 622 g/mol. The van der Waals surface area contributed by atoms with Crippen LogP contribution in [0.3, 0.4) is 0 Å². The molecule has 0 bridgehead atoms. The van der Waals surface area contributed by atoms with Gasteiger partial charge in [0.05, 0.1) is 29.9 Å². The Bertz CT molecular complexity index is 1780. The summed E-state index contributed by atoms with van der Waals surface area (Å²) in [5.41, 5.74) is 4.58. The number of hydrogen-bond donors (Lipinski definition) is 2. The Kier molecular flexibility index (Phi) is 7.89. The number of nitrogens with zero attached hydrogens (tertiary/aromatic N) is 3. The van der Waals surface area contributed by atoms with Gasteiger partial charge in [0, 0.05) is 30.6 Å². The summed E-state index contributed by atoms with van der Waals surface area (Å²) in [7, 11) is -0.866. The Morgan fingerprint density at radius 2 is 1.70 bits per heavy atom. The minimum atomic E-state index is -2.48. The Hall–Kier alpha value is -3.39. The molecule has 2 aromatic heterocycles. The zero-order chi connectivity index (χ0) is 30.4. The van der Waals surface area contributed by atoms with E-state index in [0.29, 0.717) is 34.8 Å². The maximum atomic E-state index is 15.8. The number of ether oxygens (including phenoxy) is 4. The van der Waals surface area contributed by atoms with Crippen LogP contribution in [0.2, 0.25) is 0 Å². The summed E-state index contributed by atoms with van der Waals surface area (Å²) in [5, 5.41) is 10.2. The second-order valence-corrected chi connectivity index (χ2v) is 13.6. The van der Waals surface area contributed by atoms with Gasteiger partial charge in [-0.2, -0.15) is 4.36 Å². The number of nitrogens with one attached hydrogen (secondary N) is 1. The van der Waals surface area contributed by atoms with Gasteiger partial charge < -0.3 is 24.1 Å². The van der Waals surface area contributed by atoms with Crippen LogP contribution in [-0.2, 0) is 24.1 Å². The molecule has 10 nitrogen and oxygen atoms in total. The van der Waals surface area contributed by atoms with E-state index in [9.17, 15) is 9.32 Å². The van der Waals surface area contributed by atoms with Crippen molar-refractivity contribution in [3.05, 3.63) is 66.5 Å². The molecule has 3 fully saturated rings. The number of rotatable bonds is 7. The average molecular weight is 623 g/mol. The predicted octanol–water partition coefficient (Wildman–Crippen LogP) is 4.98. The normalized spacial score (nSPS) is 26.4. The van der Waals surface area contributed by atoms with Crippen molar-refractivity contribution in [1.29, 1.82) is 0 Å². The van der Waals surface area contributed by atoms with Crippen LogP contribution in [0.5, 0.6) is 5.88 Å². The number of aliphatic hydroxyl groups is 1. The Balaban J connectivity index is 1.19. The topological polar surface area (TPSA) is 116 Å². The van der Waals surface area contributed by atoms with Gasteiger partial charge in [-0.1, -0.05) is 36.4 Å². The molecule has 5 heterocycles. The zero-order valence-corrected chi connectivity index (χ0v) is 25.3. The molecule has 6 atom stereocenters. The molecular formula is C32H35FN4O6S. The maximum absolute atomic E-state index is 15.8. The lowest BCUT2D eigenvalue weighted by atomic mass is 10.0. The molecule has 2 aromatic carbocycles. The molecule has 3 aliphatic heterocycles. The fourth-order valence-electron chi connectivity index (χ4n) is 6.10. The van der Waals surface area contributed by atoms with E-state index in [2.05, 4.69) is 9.08 Å². The number of aliphatic hydroxyl groups excluding tert-OH is 1. The van der Waals surface area contributed by atoms with Crippen molar-refractivity contribution in [2.24, 2.45) is 4.36 Å². The van der Waals surface area contributed by atoms with Crippen molar-refractivity contribution in [2.75, 3.05) is 33.1 Å². The molecule has 0 spiro atoms. The predicted molar refractivity (Wildman–Crippen MR) is 165 cm³/mol. The highest BCUT2D eigenvalue weighted by Crippen LogP contribution is 2.38. The van der Waals surface area contributed by atoms with E-state index in [1.165, 1.54) is 6.07 Å². The Morgan fingerprint density at radius 1 is 1.00 bits per heavy atom. The van der Waals surface area contributed by atoms with Gasteiger partial charge in [0.2, 0.25) is 0 Å². The van der Waals surface area contributed by atoms with E-state index in [1.54, 1.807) is 13.3 Å². The molecule has 3 saturated heterocycles. The molecule has 12 heteroatoms. The first-order valence-electron chi connectivity index (χ1n) is 14.8. The van der Waals surface area contributed by atoms with Gasteiger partial charge in [-0.05, 0) is 49.6 Å². The second kappa shape index (κ2) is 11.8. The molecule has 0 aliphatic carbocycles. The molecule has 0 amide bonds. The third-order valence-corrected chi connectivity index (χ3v) is 9.77. The van der Waals surface area contributed by atoms with Gasteiger partial charge in [-0.3, -0.25) is 4.57 Å². The average Bonchev–Trinajstić information content (AvgIpc) is 3.72. The maximum Gasteiger partial charge on any atom is 0.198 e. The van der Waals surface area contributed by atoms with Crippen LogP contribution in [0.1, 0.15) is 25.5 Å². The van der Waals surface area contributed by atoms with Gasteiger partial charge in [-0.15, -0.1) is 0 Å². The summed E-state index contributed by atoms with van der Waals surface area (Å²) >= 11 is 0. The quantitative estimate of drug-likeness (QED) is 0.299. The summed E-state index contributed by atoms with van der Waals surface area (Å²) in [6, 6.07) is 18.3. The van der Waals surface area contributed by atoms with Crippen molar-refractivity contribution < 1.29 is 32.7 Å². The minimum absolute atomic E-state index is 0.207. The fourth-order valence-corrected chi connectivity index (χ4v) is 6.71. The molecule has 3 aliphatic rings. The highest BCUT2D eigenvalue weighted by atomic mass is 32.2. The molecule has 0 radical (unpaired) electrons. The van der Waals surface area contributed by atoms with Crippen LogP contribution in [0.15, 0.2) is 65.0 Å². The van der Waals surface area contributed by atoms with Crippen LogP contribution in [0, 0.1) is 5.82 Å². The Morgan fingerprint density at radius 3 is 2.41 bits per heavy atom. The fraction of sp³-hybridized carbons (Fsp3) is 0.406. The van der Waals surface area contributed by atoms with Crippen molar-refractivity contribution >= 4 is 26.6 Å². The number of halogens is 1. The minimum Gasteiger partial charge on any atom is -0.470 e. The van der Waals surface area contributed by atoms with Gasteiger partial charge in [-0.25, -0.2) is 18.3 Å². The number of aromatic nitrogens is 2. The molecule has 2 unspecified atom stereocenters. The molecule has 232 valence electrons. The Labute approximate surface area is 255 Å². The first-order chi connectivity index (χ1) is 21.3. The van der Waals surface area contributed by atoms with E-state index < -0.39 is 34.0 Å². The lowest BCUT2D eigenvalue weighted by Crippen LogP contribution is -2.35. The molecule has 44 heavy (non-hydrogen) atoms. The molecule has 0 saturated carbocycles. The van der Waals surface area contributed by atoms with Crippen LogP contribution in [0.25, 0.3) is 33.4 Å². The molecule has 2 N–H and O–H groups in total. The molecule has 4 aromatic rings. The highest BCUT2D eigenvalue weighted by Gasteiger charge is 2.48. The smallest absolute Gasteiger partial charge is 0.198 e. The molecule has 7 rings (SSSR count). The van der Waals surface area contributed by atoms with E-state index in [1.807, 2.05) is 59.2 Å². The third kappa shape index (κ3) is 5.62. The lowest BCUT2D eigenvalue weighted by Gasteiger charge is -2.27. The van der Waals surface area contributed by atoms with Crippen molar-refractivity contribution in [3.63, 3.8) is 0 Å². The molecular weight excluding hydrogens is 587 g/mol. The summed E-state index contributed by atoms with van der Waals surface area (Å²) in [6.45, 7) is 1.10. The summed E-state index contributed by atoms with van der Waals surface area (Å²) in [5.74, 6) is 0.0615. The van der Waals surface area contributed by atoms with Crippen molar-refractivity contribution in [3.8, 4) is 28.3 Å². The number of fused-ring (bicyclic) bond motifs is 2. The number of benzene rings is 2. The standard InChI is InChI=1S/C32H35FN4O6S/c1-34-44(2,39)36-22-12-10-20(11-13-22)19-6-8-21(9-7-19)30-23(33)15-25-24(35-30)16-29(37(25)28-5-3-4-14-40-28)43-27-18-42-31-26(38)17-41-32(27)31/h6-13,15-16,26-28,31-32,38H,3-5,14,17-18H2,1-2H3,(H,34,36,39)/t26-,27-,28?,31-,32-,44?/m1/s1. The first kappa shape index (κ1) is 29.3. The largest absolute Gasteiger partial charge is 0.470 e. The van der Waals surface area contributed by atoms with Crippen molar-refractivity contribution in [2.45, 2.75) is 49.9 Å². The van der Waals surface area contributed by atoms with Gasteiger partial charge in [0.15, 0.2) is 17.8 Å². The van der Waals surface area contributed by atoms with Crippen LogP contribution >= 0.6 is 0 Å². The number of hydrogen-bond acceptors (Lipinski definition) is 8. The second-order valence-electron chi connectivity index (χ2n) is 11.4. The van der Waals surface area contributed by atoms with E-state index >= 15 is 4.39 Å². The van der Waals surface area contributed by atoms with Crippen molar-refractivity contribution in [1.82, 2.24) is 14.3 Å². The first-order valence-corrected chi connectivity index (χ1v) is 16.7. The lowest BCUT2D eigenvalue weighted by molar-refractivity contribution is -0.0392. The number of pyridine rings is 1. The highest BCUT2D eigenvalue weighted by molar-refractivity contribution is 7.91. The zero-order valence-electron chi connectivity index (χ0n) is 24.5. The van der Waals surface area contributed by atoms with Gasteiger partial charge >= 0.3 is 0 Å². The SMILES string of the molecule is CNS(C)(=O)=Nc1ccc(-c2ccc(-c3nc4cc(O[C@@H]5CO[C@H]6[C@@H]5OC[C@H]6O)n(C5CCCCO5)c4cc3F)cc2)cc1. The van der Waals surface area contributed by atoms with Crippen LogP contribution in [0.4, 0.5) is 10.1 Å².